The standard InChI is InChI=1S/C20H24N2O4/c1-2-3-4-12-26-17-9-7-15(8-10-17)13-18(20(24)25)22-19(23)16-6-5-11-21-14-16/h5-11,14,18H,2-4,12-13H2,1H3,(H,22,23)(H,24,25)/t18-/m0/s1. The fourth-order valence-corrected chi connectivity index (χ4v) is 2.44. The Kier molecular flexibility index (Phi) is 7.61. The predicted molar refractivity (Wildman–Crippen MR) is 98.3 cm³/mol. The summed E-state index contributed by atoms with van der Waals surface area (Å²) in [5, 5.41) is 11.9. The number of unbranched alkanes of at least 4 members (excludes halogenated alkanes) is 2. The summed E-state index contributed by atoms with van der Waals surface area (Å²) in [6.45, 7) is 2.81. The lowest BCUT2D eigenvalue weighted by molar-refractivity contribution is -0.139. The molecule has 6 nitrogen and oxygen atoms in total. The van der Waals surface area contributed by atoms with E-state index in [0.29, 0.717) is 12.2 Å². The monoisotopic (exact) mass is 356 g/mol. The van der Waals surface area contributed by atoms with Crippen LogP contribution in [-0.4, -0.2) is 34.6 Å². The van der Waals surface area contributed by atoms with Gasteiger partial charge in [0.15, 0.2) is 0 Å². The molecule has 2 rings (SSSR count). The highest BCUT2D eigenvalue weighted by Crippen LogP contribution is 2.14. The zero-order valence-electron chi connectivity index (χ0n) is 14.9. The fourth-order valence-electron chi connectivity index (χ4n) is 2.44. The number of aliphatic carboxylic acids is 1. The van der Waals surface area contributed by atoms with Gasteiger partial charge in [-0.3, -0.25) is 9.78 Å². The van der Waals surface area contributed by atoms with E-state index in [-0.39, 0.29) is 6.42 Å². The van der Waals surface area contributed by atoms with Gasteiger partial charge >= 0.3 is 5.97 Å². The van der Waals surface area contributed by atoms with E-state index in [1.54, 1.807) is 18.3 Å². The number of ether oxygens (including phenoxy) is 1. The van der Waals surface area contributed by atoms with Gasteiger partial charge in [0, 0.05) is 18.8 Å². The molecule has 0 aliphatic rings. The smallest absolute Gasteiger partial charge is 0.326 e. The van der Waals surface area contributed by atoms with Crippen LogP contribution in [0.15, 0.2) is 48.8 Å². The topological polar surface area (TPSA) is 88.5 Å². The highest BCUT2D eigenvalue weighted by atomic mass is 16.5. The fraction of sp³-hybridized carbons (Fsp3) is 0.350. The number of aromatic nitrogens is 1. The normalized spacial score (nSPS) is 11.6. The summed E-state index contributed by atoms with van der Waals surface area (Å²) in [6.07, 6.45) is 6.44. The quantitative estimate of drug-likeness (QED) is 0.639. The number of hydrogen-bond acceptors (Lipinski definition) is 4. The minimum absolute atomic E-state index is 0.192. The maximum absolute atomic E-state index is 12.1. The van der Waals surface area contributed by atoms with E-state index in [1.807, 2.05) is 24.3 Å². The molecule has 0 aliphatic heterocycles. The van der Waals surface area contributed by atoms with Gasteiger partial charge in [0.2, 0.25) is 0 Å². The minimum atomic E-state index is -1.08. The Morgan fingerprint density at radius 3 is 2.58 bits per heavy atom. The maximum atomic E-state index is 12.1. The Morgan fingerprint density at radius 1 is 1.19 bits per heavy atom. The lowest BCUT2D eigenvalue weighted by Gasteiger charge is -2.15. The van der Waals surface area contributed by atoms with Crippen molar-refractivity contribution in [2.45, 2.75) is 38.6 Å². The van der Waals surface area contributed by atoms with E-state index < -0.39 is 17.9 Å². The van der Waals surface area contributed by atoms with Gasteiger partial charge in [-0.05, 0) is 36.2 Å². The number of amides is 1. The largest absolute Gasteiger partial charge is 0.494 e. The second-order valence-corrected chi connectivity index (χ2v) is 6.01. The summed E-state index contributed by atoms with van der Waals surface area (Å²) in [6, 6.07) is 9.49. The van der Waals surface area contributed by atoms with Crippen molar-refractivity contribution < 1.29 is 19.4 Å². The van der Waals surface area contributed by atoms with Crippen LogP contribution in [0.4, 0.5) is 0 Å². The summed E-state index contributed by atoms with van der Waals surface area (Å²) in [5.74, 6) is -0.778. The first-order valence-electron chi connectivity index (χ1n) is 8.75. The number of carbonyl (C=O) groups excluding carboxylic acids is 1. The molecular weight excluding hydrogens is 332 g/mol. The van der Waals surface area contributed by atoms with Gasteiger partial charge < -0.3 is 15.2 Å². The second-order valence-electron chi connectivity index (χ2n) is 6.01. The van der Waals surface area contributed by atoms with Crippen molar-refractivity contribution in [3.63, 3.8) is 0 Å². The lowest BCUT2D eigenvalue weighted by Crippen LogP contribution is -2.42. The number of benzene rings is 1. The molecular formula is C20H24N2O4. The molecule has 1 heterocycles. The number of carbonyl (C=O) groups is 2. The zero-order chi connectivity index (χ0) is 18.8. The Balaban J connectivity index is 1.92. The Hall–Kier alpha value is -2.89. The summed E-state index contributed by atoms with van der Waals surface area (Å²) < 4.78 is 5.64. The minimum Gasteiger partial charge on any atom is -0.494 e. The Labute approximate surface area is 153 Å². The van der Waals surface area contributed by atoms with E-state index in [0.717, 1.165) is 30.6 Å². The Bertz CT molecular complexity index is 702. The summed E-state index contributed by atoms with van der Waals surface area (Å²) in [4.78, 5) is 27.5. The zero-order valence-corrected chi connectivity index (χ0v) is 14.9. The number of hydrogen-bond donors (Lipinski definition) is 2. The van der Waals surface area contributed by atoms with Crippen molar-refractivity contribution in [2.24, 2.45) is 0 Å². The van der Waals surface area contributed by atoms with Crippen LogP contribution in [-0.2, 0) is 11.2 Å². The van der Waals surface area contributed by atoms with Gasteiger partial charge in [0.1, 0.15) is 11.8 Å². The molecule has 26 heavy (non-hydrogen) atoms. The predicted octanol–water partition coefficient (Wildman–Crippen LogP) is 3.08. The first kappa shape index (κ1) is 19.4. The third-order valence-electron chi connectivity index (χ3n) is 3.91. The number of rotatable bonds is 10. The van der Waals surface area contributed by atoms with E-state index in [4.69, 9.17) is 4.74 Å². The summed E-state index contributed by atoms with van der Waals surface area (Å²) >= 11 is 0. The van der Waals surface area contributed by atoms with Crippen LogP contribution in [0.5, 0.6) is 5.75 Å². The van der Waals surface area contributed by atoms with Crippen LogP contribution in [0.3, 0.4) is 0 Å². The molecule has 138 valence electrons. The third kappa shape index (κ3) is 6.20. The molecule has 0 fully saturated rings. The third-order valence-corrected chi connectivity index (χ3v) is 3.91. The van der Waals surface area contributed by atoms with Crippen molar-refractivity contribution in [1.29, 1.82) is 0 Å². The average Bonchev–Trinajstić information content (AvgIpc) is 2.66. The summed E-state index contributed by atoms with van der Waals surface area (Å²) in [5.41, 5.74) is 1.14. The van der Waals surface area contributed by atoms with E-state index in [2.05, 4.69) is 17.2 Å². The SMILES string of the molecule is CCCCCOc1ccc(C[C@H](NC(=O)c2cccnc2)C(=O)O)cc1. The molecule has 0 unspecified atom stereocenters. The molecule has 1 aromatic carbocycles. The number of nitrogens with zero attached hydrogens (tertiary/aromatic N) is 1. The first-order valence-corrected chi connectivity index (χ1v) is 8.75. The first-order chi connectivity index (χ1) is 12.6. The van der Waals surface area contributed by atoms with Gasteiger partial charge in [-0.2, -0.15) is 0 Å². The molecule has 2 N–H and O–H groups in total. The molecule has 1 aromatic heterocycles. The molecule has 1 amide bonds. The highest BCUT2D eigenvalue weighted by molar-refractivity contribution is 5.96. The van der Waals surface area contributed by atoms with Crippen LogP contribution in [0.25, 0.3) is 0 Å². The van der Waals surface area contributed by atoms with Crippen LogP contribution in [0.1, 0.15) is 42.1 Å². The van der Waals surface area contributed by atoms with E-state index in [1.165, 1.54) is 6.20 Å². The molecule has 0 saturated heterocycles. The molecule has 0 bridgehead atoms. The molecule has 2 aromatic rings. The van der Waals surface area contributed by atoms with Gasteiger partial charge in [0.05, 0.1) is 12.2 Å². The van der Waals surface area contributed by atoms with Gasteiger partial charge in [0.25, 0.3) is 5.91 Å². The molecule has 0 saturated carbocycles. The van der Waals surface area contributed by atoms with Crippen molar-refractivity contribution in [2.75, 3.05) is 6.61 Å². The molecule has 6 heteroatoms. The molecule has 0 radical (unpaired) electrons. The van der Waals surface area contributed by atoms with E-state index >= 15 is 0 Å². The summed E-state index contributed by atoms with van der Waals surface area (Å²) in [7, 11) is 0. The van der Waals surface area contributed by atoms with Gasteiger partial charge in [-0.15, -0.1) is 0 Å². The van der Waals surface area contributed by atoms with Crippen LogP contribution < -0.4 is 10.1 Å². The van der Waals surface area contributed by atoms with Crippen LogP contribution in [0.2, 0.25) is 0 Å². The highest BCUT2D eigenvalue weighted by Gasteiger charge is 2.21. The number of nitrogens with one attached hydrogen (secondary N) is 1. The number of carboxylic acid groups (broad SMARTS) is 1. The maximum Gasteiger partial charge on any atom is 0.326 e. The Morgan fingerprint density at radius 2 is 1.96 bits per heavy atom. The second kappa shape index (κ2) is 10.2. The van der Waals surface area contributed by atoms with Crippen LogP contribution in [0, 0.1) is 0 Å². The number of pyridine rings is 1. The van der Waals surface area contributed by atoms with Crippen molar-refractivity contribution in [3.05, 3.63) is 59.9 Å². The van der Waals surface area contributed by atoms with Crippen LogP contribution >= 0.6 is 0 Å². The number of carboxylic acids is 1. The molecule has 0 spiro atoms. The van der Waals surface area contributed by atoms with Gasteiger partial charge in [-0.1, -0.05) is 31.9 Å². The van der Waals surface area contributed by atoms with Gasteiger partial charge in [-0.25, -0.2) is 4.79 Å². The molecule has 0 aliphatic carbocycles. The van der Waals surface area contributed by atoms with Crippen molar-refractivity contribution in [1.82, 2.24) is 10.3 Å². The van der Waals surface area contributed by atoms with E-state index in [9.17, 15) is 14.7 Å². The molecule has 1 atom stereocenters. The van der Waals surface area contributed by atoms with Crippen molar-refractivity contribution >= 4 is 11.9 Å². The average molecular weight is 356 g/mol. The lowest BCUT2D eigenvalue weighted by atomic mass is 10.1. The van der Waals surface area contributed by atoms with Crippen molar-refractivity contribution in [3.8, 4) is 5.75 Å².